The van der Waals surface area contributed by atoms with Crippen molar-refractivity contribution < 1.29 is 9.53 Å². The summed E-state index contributed by atoms with van der Waals surface area (Å²) in [5.41, 5.74) is 0. The molecule has 4 rings (SSSR count). The van der Waals surface area contributed by atoms with Crippen molar-refractivity contribution in [1.82, 2.24) is 31.1 Å². The van der Waals surface area contributed by atoms with Crippen LogP contribution in [0, 0.1) is 0 Å². The molecule has 0 spiro atoms. The molecule has 4 fully saturated rings. The number of aliphatic hydroxyl groups excluding tert-OH is 1. The normalized spacial score (nSPS) is 33.1. The number of aliphatic hydroxyl groups is 1. The fourth-order valence-electron chi connectivity index (χ4n) is 4.55. The second-order valence-corrected chi connectivity index (χ2v) is 16.0. The Labute approximate surface area is 191 Å². The van der Waals surface area contributed by atoms with Crippen LogP contribution in [0.1, 0.15) is 20.8 Å². The standard InChI is InChI=1S/C14H31N3OSi.C8H17N3O/c1-14(2,3)19(4,5)18-11-12-10-17-7-6-15-8-13(17)9-16-12;12-6-7-5-11-2-1-9-3-8(11)4-10-7/h12-13,15-16H,6-11H2,1-5H3;7-10,12H,1-6H2/t12-,13?;7-,8?/m00/s1. The van der Waals surface area contributed by atoms with Gasteiger partial charge in [-0.05, 0) is 18.1 Å². The summed E-state index contributed by atoms with van der Waals surface area (Å²) in [6.07, 6.45) is 0. The van der Waals surface area contributed by atoms with Crippen molar-refractivity contribution in [3.05, 3.63) is 0 Å². The first-order valence-corrected chi connectivity index (χ1v) is 15.2. The van der Waals surface area contributed by atoms with E-state index in [1.54, 1.807) is 0 Å². The van der Waals surface area contributed by atoms with E-state index >= 15 is 0 Å². The topological polar surface area (TPSA) is 84.1 Å². The Morgan fingerprint density at radius 2 is 1.39 bits per heavy atom. The fraction of sp³-hybridized carbons (Fsp3) is 1.00. The molecule has 4 aliphatic heterocycles. The first-order chi connectivity index (χ1) is 14.7. The van der Waals surface area contributed by atoms with Gasteiger partial charge in [-0.2, -0.15) is 0 Å². The van der Waals surface area contributed by atoms with Crippen LogP contribution in [0.15, 0.2) is 0 Å². The highest BCUT2D eigenvalue weighted by Gasteiger charge is 2.38. The highest BCUT2D eigenvalue weighted by Crippen LogP contribution is 2.36. The van der Waals surface area contributed by atoms with Gasteiger partial charge in [-0.15, -0.1) is 0 Å². The monoisotopic (exact) mass is 456 g/mol. The van der Waals surface area contributed by atoms with E-state index in [9.17, 15) is 0 Å². The molecule has 31 heavy (non-hydrogen) atoms. The maximum absolute atomic E-state index is 8.98. The van der Waals surface area contributed by atoms with E-state index in [1.165, 1.54) is 6.54 Å². The summed E-state index contributed by atoms with van der Waals surface area (Å²) < 4.78 is 6.35. The molecule has 0 aromatic carbocycles. The predicted octanol–water partition coefficient (Wildman–Crippen LogP) is -0.522. The molecule has 0 aliphatic carbocycles. The number of hydrogen-bond donors (Lipinski definition) is 5. The Bertz CT molecular complexity index is 547. The lowest BCUT2D eigenvalue weighted by Gasteiger charge is -2.44. The molecule has 9 heteroatoms. The predicted molar refractivity (Wildman–Crippen MR) is 130 cm³/mol. The van der Waals surface area contributed by atoms with Crippen molar-refractivity contribution >= 4 is 8.32 Å². The molecule has 182 valence electrons. The van der Waals surface area contributed by atoms with E-state index < -0.39 is 8.32 Å². The van der Waals surface area contributed by atoms with Gasteiger partial charge in [0.25, 0.3) is 0 Å². The smallest absolute Gasteiger partial charge is 0.192 e. The van der Waals surface area contributed by atoms with Gasteiger partial charge in [-0.25, -0.2) is 0 Å². The van der Waals surface area contributed by atoms with Gasteiger partial charge in [0.2, 0.25) is 0 Å². The van der Waals surface area contributed by atoms with Crippen molar-refractivity contribution in [1.29, 1.82) is 0 Å². The van der Waals surface area contributed by atoms with Gasteiger partial charge in [0, 0.05) is 89.6 Å². The molecule has 0 bridgehead atoms. The highest BCUT2D eigenvalue weighted by molar-refractivity contribution is 6.74. The summed E-state index contributed by atoms with van der Waals surface area (Å²) in [7, 11) is -1.60. The Hall–Kier alpha value is -0.103. The van der Waals surface area contributed by atoms with Crippen LogP contribution in [0.3, 0.4) is 0 Å². The second-order valence-electron chi connectivity index (χ2n) is 11.2. The van der Waals surface area contributed by atoms with Gasteiger partial charge in [0.1, 0.15) is 0 Å². The molecule has 5 N–H and O–H groups in total. The van der Waals surface area contributed by atoms with Gasteiger partial charge in [-0.3, -0.25) is 9.80 Å². The number of nitrogens with one attached hydrogen (secondary N) is 4. The number of piperazine rings is 4. The van der Waals surface area contributed by atoms with E-state index in [0.29, 0.717) is 29.2 Å². The lowest BCUT2D eigenvalue weighted by molar-refractivity contribution is 0.0832. The summed E-state index contributed by atoms with van der Waals surface area (Å²) >= 11 is 0. The minimum absolute atomic E-state index is 0.261. The largest absolute Gasteiger partial charge is 0.415 e. The van der Waals surface area contributed by atoms with Crippen molar-refractivity contribution in [2.24, 2.45) is 0 Å². The van der Waals surface area contributed by atoms with E-state index in [-0.39, 0.29) is 6.61 Å². The molecule has 0 aromatic heterocycles. The zero-order valence-corrected chi connectivity index (χ0v) is 21.5. The summed E-state index contributed by atoms with van der Waals surface area (Å²) in [6, 6.07) is 2.11. The lowest BCUT2D eigenvalue weighted by atomic mass is 10.1. The van der Waals surface area contributed by atoms with Crippen molar-refractivity contribution in [2.45, 2.75) is 63.1 Å². The first kappa shape index (κ1) is 25.5. The SMILES string of the molecule is CC(C)(C)[Si](C)(C)OC[C@@H]1CN2CCNCC2CN1.OC[C@@H]1CN2CCNCC2CN1. The van der Waals surface area contributed by atoms with Crippen LogP contribution in [0.5, 0.6) is 0 Å². The van der Waals surface area contributed by atoms with Crippen LogP contribution in [0.4, 0.5) is 0 Å². The van der Waals surface area contributed by atoms with E-state index in [1.807, 2.05) is 0 Å². The Balaban J connectivity index is 0.000000194. The zero-order valence-electron chi connectivity index (χ0n) is 20.5. The molecule has 2 unspecified atom stereocenters. The maximum Gasteiger partial charge on any atom is 0.192 e. The number of rotatable bonds is 4. The summed E-state index contributed by atoms with van der Waals surface area (Å²) in [5, 5.41) is 23.1. The third-order valence-electron chi connectivity index (χ3n) is 7.81. The van der Waals surface area contributed by atoms with Crippen molar-refractivity contribution in [2.75, 3.05) is 78.7 Å². The summed E-state index contributed by atoms with van der Waals surface area (Å²) in [6.45, 7) is 23.7. The van der Waals surface area contributed by atoms with Crippen LogP contribution in [0.25, 0.3) is 0 Å². The van der Waals surface area contributed by atoms with Crippen LogP contribution in [-0.2, 0) is 4.43 Å². The van der Waals surface area contributed by atoms with E-state index in [0.717, 1.165) is 65.5 Å². The van der Waals surface area contributed by atoms with Gasteiger partial charge in [-0.1, -0.05) is 20.8 Å². The molecule has 4 saturated heterocycles. The molecular formula is C22H48N6O2Si. The molecular weight excluding hydrogens is 408 g/mol. The third kappa shape index (κ3) is 7.19. The van der Waals surface area contributed by atoms with Crippen molar-refractivity contribution in [3.63, 3.8) is 0 Å². The average Bonchev–Trinajstić information content (AvgIpc) is 2.77. The third-order valence-corrected chi connectivity index (χ3v) is 12.3. The van der Waals surface area contributed by atoms with Crippen LogP contribution in [-0.4, -0.2) is 126 Å². The van der Waals surface area contributed by atoms with E-state index in [4.69, 9.17) is 9.53 Å². The molecule has 0 radical (unpaired) electrons. The number of fused-ring (bicyclic) bond motifs is 2. The minimum atomic E-state index is -1.60. The highest BCUT2D eigenvalue weighted by atomic mass is 28.4. The maximum atomic E-state index is 8.98. The number of nitrogens with zero attached hydrogens (tertiary/aromatic N) is 2. The van der Waals surface area contributed by atoms with Crippen LogP contribution >= 0.6 is 0 Å². The van der Waals surface area contributed by atoms with Crippen LogP contribution < -0.4 is 21.3 Å². The lowest BCUT2D eigenvalue weighted by Crippen LogP contribution is -2.64. The molecule has 4 atom stereocenters. The number of hydrogen-bond acceptors (Lipinski definition) is 8. The second kappa shape index (κ2) is 11.4. The Morgan fingerprint density at radius 1 is 0.871 bits per heavy atom. The molecule has 4 heterocycles. The van der Waals surface area contributed by atoms with Gasteiger partial charge < -0.3 is 30.8 Å². The molecule has 8 nitrogen and oxygen atoms in total. The Morgan fingerprint density at radius 3 is 1.90 bits per heavy atom. The van der Waals surface area contributed by atoms with Crippen LogP contribution in [0.2, 0.25) is 18.1 Å². The first-order valence-electron chi connectivity index (χ1n) is 12.3. The Kier molecular flexibility index (Phi) is 9.34. The zero-order chi connectivity index (χ0) is 22.5. The van der Waals surface area contributed by atoms with Gasteiger partial charge in [0.15, 0.2) is 8.32 Å². The van der Waals surface area contributed by atoms with Crippen molar-refractivity contribution in [3.8, 4) is 0 Å². The van der Waals surface area contributed by atoms with Gasteiger partial charge in [0.05, 0.1) is 13.2 Å². The molecule has 4 aliphatic rings. The quantitative estimate of drug-likeness (QED) is 0.362. The summed E-state index contributed by atoms with van der Waals surface area (Å²) in [4.78, 5) is 5.08. The fourth-order valence-corrected chi connectivity index (χ4v) is 5.60. The summed E-state index contributed by atoms with van der Waals surface area (Å²) in [5.74, 6) is 0. The van der Waals surface area contributed by atoms with Gasteiger partial charge >= 0.3 is 0 Å². The molecule has 0 amide bonds. The molecule has 0 saturated carbocycles. The van der Waals surface area contributed by atoms with E-state index in [2.05, 4.69) is 64.9 Å². The minimum Gasteiger partial charge on any atom is -0.415 e. The molecule has 0 aromatic rings. The average molecular weight is 457 g/mol.